The Kier molecular flexibility index (Phi) is 5.93. The van der Waals surface area contributed by atoms with Crippen molar-refractivity contribution in [2.75, 3.05) is 27.2 Å². The van der Waals surface area contributed by atoms with Crippen LogP contribution in [0.25, 0.3) is 0 Å². The molecule has 0 aromatic heterocycles. The molecule has 19 heavy (non-hydrogen) atoms. The van der Waals surface area contributed by atoms with Crippen LogP contribution < -0.4 is 4.72 Å². The lowest BCUT2D eigenvalue weighted by Crippen LogP contribution is -2.27. The normalized spacial score (nSPS) is 13.7. The van der Waals surface area contributed by atoms with Crippen LogP contribution in [0.2, 0.25) is 0 Å². The van der Waals surface area contributed by atoms with Gasteiger partial charge in [0.2, 0.25) is 10.0 Å². The van der Waals surface area contributed by atoms with Gasteiger partial charge in [0.1, 0.15) is 0 Å². The van der Waals surface area contributed by atoms with Crippen molar-refractivity contribution < 1.29 is 13.5 Å². The van der Waals surface area contributed by atoms with Gasteiger partial charge in [-0.3, -0.25) is 0 Å². The number of aliphatic hydroxyl groups is 1. The average Bonchev–Trinajstić information content (AvgIpc) is 2.34. The topological polar surface area (TPSA) is 69.6 Å². The van der Waals surface area contributed by atoms with E-state index in [1.165, 1.54) is 12.1 Å². The Morgan fingerprint density at radius 2 is 1.84 bits per heavy atom. The highest BCUT2D eigenvalue weighted by Gasteiger charge is 2.13. The number of aliphatic hydroxyl groups excluding tert-OH is 1. The fourth-order valence-electron chi connectivity index (χ4n) is 1.61. The molecule has 6 heteroatoms. The fraction of sp³-hybridized carbons (Fsp3) is 0.538. The van der Waals surface area contributed by atoms with Gasteiger partial charge < -0.3 is 10.0 Å². The lowest BCUT2D eigenvalue weighted by atomic mass is 10.1. The van der Waals surface area contributed by atoms with Crippen molar-refractivity contribution in [2.24, 2.45) is 0 Å². The Morgan fingerprint density at radius 3 is 2.32 bits per heavy atom. The van der Waals surface area contributed by atoms with E-state index in [4.69, 9.17) is 0 Å². The molecule has 1 atom stereocenters. The van der Waals surface area contributed by atoms with E-state index in [-0.39, 0.29) is 4.90 Å². The molecule has 1 rings (SSSR count). The minimum Gasteiger partial charge on any atom is -0.389 e. The quantitative estimate of drug-likeness (QED) is 0.733. The van der Waals surface area contributed by atoms with Gasteiger partial charge in [-0.15, -0.1) is 0 Å². The Labute approximate surface area is 115 Å². The third-order valence-electron chi connectivity index (χ3n) is 2.75. The van der Waals surface area contributed by atoms with Crippen molar-refractivity contribution in [3.05, 3.63) is 29.8 Å². The smallest absolute Gasteiger partial charge is 0.240 e. The number of sulfonamides is 1. The second kappa shape index (κ2) is 7.00. The van der Waals surface area contributed by atoms with Crippen LogP contribution in [0.5, 0.6) is 0 Å². The number of rotatable bonds is 7. The summed E-state index contributed by atoms with van der Waals surface area (Å²) in [6, 6.07) is 6.27. The van der Waals surface area contributed by atoms with E-state index >= 15 is 0 Å². The number of nitrogens with one attached hydrogen (secondary N) is 1. The van der Waals surface area contributed by atoms with Crippen LogP contribution in [0, 0.1) is 0 Å². The lowest BCUT2D eigenvalue weighted by Gasteiger charge is -2.11. The first-order valence-corrected chi connectivity index (χ1v) is 7.73. The average molecular weight is 286 g/mol. The first-order valence-electron chi connectivity index (χ1n) is 6.25. The third-order valence-corrected chi connectivity index (χ3v) is 4.22. The molecular weight excluding hydrogens is 264 g/mol. The molecule has 0 aliphatic heterocycles. The molecule has 2 N–H and O–H groups in total. The summed E-state index contributed by atoms with van der Waals surface area (Å²) in [5, 5.41) is 9.37. The molecule has 0 spiro atoms. The Hall–Kier alpha value is -0.950. The first-order chi connectivity index (χ1) is 8.83. The molecule has 0 aliphatic rings. The number of benzene rings is 1. The molecule has 0 bridgehead atoms. The maximum Gasteiger partial charge on any atom is 0.240 e. The molecule has 108 valence electrons. The molecule has 0 amide bonds. The van der Waals surface area contributed by atoms with Gasteiger partial charge in [0.15, 0.2) is 0 Å². The predicted molar refractivity (Wildman–Crippen MR) is 75.4 cm³/mol. The summed E-state index contributed by atoms with van der Waals surface area (Å²) >= 11 is 0. The Morgan fingerprint density at radius 1 is 1.26 bits per heavy atom. The number of hydrogen-bond donors (Lipinski definition) is 2. The molecule has 0 radical (unpaired) electrons. The Balaban J connectivity index is 2.62. The molecule has 1 aromatic carbocycles. The molecule has 0 saturated heterocycles. The van der Waals surface area contributed by atoms with Crippen molar-refractivity contribution in [3.63, 3.8) is 0 Å². The summed E-state index contributed by atoms with van der Waals surface area (Å²) in [5.74, 6) is 0. The zero-order valence-corrected chi connectivity index (χ0v) is 12.4. The summed E-state index contributed by atoms with van der Waals surface area (Å²) in [4.78, 5) is 2.23. The molecule has 0 fully saturated rings. The summed E-state index contributed by atoms with van der Waals surface area (Å²) in [5.41, 5.74) is 0.701. The van der Waals surface area contributed by atoms with Gasteiger partial charge >= 0.3 is 0 Å². The molecule has 0 heterocycles. The highest BCUT2D eigenvalue weighted by molar-refractivity contribution is 7.89. The van der Waals surface area contributed by atoms with Crippen LogP contribution in [0.1, 0.15) is 25.0 Å². The van der Waals surface area contributed by atoms with Crippen molar-refractivity contribution in [3.8, 4) is 0 Å². The van der Waals surface area contributed by atoms with E-state index in [0.29, 0.717) is 12.1 Å². The van der Waals surface area contributed by atoms with E-state index in [9.17, 15) is 13.5 Å². The molecule has 0 aliphatic carbocycles. The van der Waals surface area contributed by atoms with Crippen LogP contribution in [-0.2, 0) is 10.0 Å². The van der Waals surface area contributed by atoms with Gasteiger partial charge in [0.25, 0.3) is 0 Å². The minimum absolute atomic E-state index is 0.224. The van der Waals surface area contributed by atoms with Crippen LogP contribution in [0.15, 0.2) is 29.2 Å². The minimum atomic E-state index is -3.45. The van der Waals surface area contributed by atoms with Crippen LogP contribution in [0.4, 0.5) is 0 Å². The standard InChI is InChI=1S/C13H22N2O3S/c1-11(16)12-5-7-13(8-6-12)19(17,18)14-9-4-10-15(2)3/h5-8,11,14,16H,4,9-10H2,1-3H3. The van der Waals surface area contributed by atoms with Crippen molar-refractivity contribution in [1.82, 2.24) is 9.62 Å². The van der Waals surface area contributed by atoms with Gasteiger partial charge in [0.05, 0.1) is 11.0 Å². The van der Waals surface area contributed by atoms with Gasteiger partial charge in [0, 0.05) is 6.54 Å². The molecular formula is C13H22N2O3S. The summed E-state index contributed by atoms with van der Waals surface area (Å²) in [6.07, 6.45) is 0.169. The Bertz CT molecular complexity index is 481. The van der Waals surface area contributed by atoms with E-state index in [1.54, 1.807) is 19.1 Å². The van der Waals surface area contributed by atoms with Crippen LogP contribution in [-0.4, -0.2) is 45.6 Å². The van der Waals surface area contributed by atoms with Gasteiger partial charge in [-0.2, -0.15) is 0 Å². The SMILES string of the molecule is CC(O)c1ccc(S(=O)(=O)NCCCN(C)C)cc1. The van der Waals surface area contributed by atoms with Gasteiger partial charge in [-0.05, 0) is 51.7 Å². The van der Waals surface area contributed by atoms with Crippen molar-refractivity contribution in [2.45, 2.75) is 24.3 Å². The highest BCUT2D eigenvalue weighted by Crippen LogP contribution is 2.15. The number of nitrogens with zero attached hydrogens (tertiary/aromatic N) is 1. The monoisotopic (exact) mass is 286 g/mol. The fourth-order valence-corrected chi connectivity index (χ4v) is 2.68. The maximum absolute atomic E-state index is 12.0. The van der Waals surface area contributed by atoms with E-state index in [0.717, 1.165) is 13.0 Å². The lowest BCUT2D eigenvalue weighted by molar-refractivity contribution is 0.199. The zero-order chi connectivity index (χ0) is 14.5. The van der Waals surface area contributed by atoms with E-state index in [2.05, 4.69) is 4.72 Å². The predicted octanol–water partition coefficient (Wildman–Crippen LogP) is 0.970. The maximum atomic E-state index is 12.0. The van der Waals surface area contributed by atoms with E-state index < -0.39 is 16.1 Å². The summed E-state index contributed by atoms with van der Waals surface area (Å²) in [7, 11) is 0.445. The molecule has 5 nitrogen and oxygen atoms in total. The number of hydrogen-bond acceptors (Lipinski definition) is 4. The van der Waals surface area contributed by atoms with Crippen LogP contribution >= 0.6 is 0 Å². The van der Waals surface area contributed by atoms with Crippen LogP contribution in [0.3, 0.4) is 0 Å². The van der Waals surface area contributed by atoms with E-state index in [1.807, 2.05) is 19.0 Å². The van der Waals surface area contributed by atoms with Crippen molar-refractivity contribution in [1.29, 1.82) is 0 Å². The zero-order valence-electron chi connectivity index (χ0n) is 11.6. The largest absolute Gasteiger partial charge is 0.389 e. The first kappa shape index (κ1) is 16.1. The third kappa shape index (κ3) is 5.28. The highest BCUT2D eigenvalue weighted by atomic mass is 32.2. The molecule has 0 saturated carbocycles. The molecule has 1 unspecified atom stereocenters. The second-order valence-electron chi connectivity index (χ2n) is 4.80. The summed E-state index contributed by atoms with van der Waals surface area (Å²) < 4.78 is 26.5. The summed E-state index contributed by atoms with van der Waals surface area (Å²) in [6.45, 7) is 2.89. The van der Waals surface area contributed by atoms with Crippen molar-refractivity contribution >= 4 is 10.0 Å². The second-order valence-corrected chi connectivity index (χ2v) is 6.57. The van der Waals surface area contributed by atoms with Gasteiger partial charge in [-0.25, -0.2) is 13.1 Å². The van der Waals surface area contributed by atoms with Gasteiger partial charge in [-0.1, -0.05) is 12.1 Å². The molecule has 1 aromatic rings.